The van der Waals surface area contributed by atoms with Crippen LogP contribution < -0.4 is 16.4 Å². The predicted molar refractivity (Wildman–Crippen MR) is 161 cm³/mol. The van der Waals surface area contributed by atoms with Crippen LogP contribution >= 0.6 is 0 Å². The van der Waals surface area contributed by atoms with Crippen molar-refractivity contribution in [1.29, 1.82) is 0 Å². The number of likely N-dealkylation sites (tertiary alicyclic amines) is 2. The molecule has 6 atom stereocenters. The molecule has 0 aliphatic carbocycles. The second-order valence-electron chi connectivity index (χ2n) is 12.9. The molecule has 0 saturated carbocycles. The van der Waals surface area contributed by atoms with Crippen molar-refractivity contribution in [3.63, 3.8) is 0 Å². The molecule has 13 nitrogen and oxygen atoms in total. The SMILES string of the molecule is Cc1ccc(C[C@@]2(C(=O)N[C@H](C(N)=O)[C@@H](C)O)CCCN2C(=O)[C@@H]2CCCN2C(=O)[C@@H](NC(=O)OC(C)(C)C)[C@@H](C)O)cc1. The molecular formula is C31H47N5O8. The van der Waals surface area contributed by atoms with Gasteiger partial charge in [0, 0.05) is 19.5 Å². The third-order valence-electron chi connectivity index (χ3n) is 8.11. The number of nitrogens with two attached hydrogens (primary N) is 1. The maximum Gasteiger partial charge on any atom is 0.408 e. The van der Waals surface area contributed by atoms with E-state index in [9.17, 15) is 34.2 Å². The van der Waals surface area contributed by atoms with Crippen LogP contribution in [-0.4, -0.2) is 104 Å². The lowest BCUT2D eigenvalue weighted by Crippen LogP contribution is -2.65. The van der Waals surface area contributed by atoms with Gasteiger partial charge in [0.15, 0.2) is 0 Å². The van der Waals surface area contributed by atoms with Crippen molar-refractivity contribution in [2.75, 3.05) is 13.1 Å². The number of aliphatic hydroxyl groups excluding tert-OH is 2. The molecule has 44 heavy (non-hydrogen) atoms. The Labute approximate surface area is 258 Å². The number of nitrogens with one attached hydrogen (secondary N) is 2. The molecule has 13 heteroatoms. The van der Waals surface area contributed by atoms with Crippen molar-refractivity contribution in [1.82, 2.24) is 20.4 Å². The number of benzene rings is 1. The maximum atomic E-state index is 14.3. The zero-order valence-electron chi connectivity index (χ0n) is 26.5. The van der Waals surface area contributed by atoms with Crippen molar-refractivity contribution in [3.05, 3.63) is 35.4 Å². The first-order chi connectivity index (χ1) is 20.5. The highest BCUT2D eigenvalue weighted by Gasteiger charge is 2.53. The number of carbonyl (C=O) groups excluding carboxylic acids is 5. The van der Waals surface area contributed by atoms with Gasteiger partial charge in [-0.25, -0.2) is 4.79 Å². The van der Waals surface area contributed by atoms with E-state index in [0.29, 0.717) is 19.3 Å². The monoisotopic (exact) mass is 617 g/mol. The quantitative estimate of drug-likeness (QED) is 0.251. The van der Waals surface area contributed by atoms with Crippen molar-refractivity contribution >= 4 is 29.7 Å². The number of primary amides is 1. The number of carbonyl (C=O) groups is 5. The average Bonchev–Trinajstić information content (AvgIpc) is 3.57. The molecule has 2 fully saturated rings. The summed E-state index contributed by atoms with van der Waals surface area (Å²) in [4.78, 5) is 69.4. The Morgan fingerprint density at radius 1 is 1.00 bits per heavy atom. The first kappa shape index (κ1) is 34.8. The number of amides is 5. The summed E-state index contributed by atoms with van der Waals surface area (Å²) in [5, 5.41) is 25.6. The summed E-state index contributed by atoms with van der Waals surface area (Å²) < 4.78 is 5.27. The van der Waals surface area contributed by atoms with Crippen molar-refractivity contribution in [2.24, 2.45) is 5.73 Å². The molecule has 5 amide bonds. The first-order valence-corrected chi connectivity index (χ1v) is 15.1. The van der Waals surface area contributed by atoms with Gasteiger partial charge in [0.25, 0.3) is 0 Å². The predicted octanol–water partition coefficient (Wildman–Crippen LogP) is 0.515. The van der Waals surface area contributed by atoms with E-state index in [1.165, 1.54) is 23.6 Å². The lowest BCUT2D eigenvalue weighted by atomic mass is 9.85. The van der Waals surface area contributed by atoms with Gasteiger partial charge in [-0.3, -0.25) is 19.2 Å². The molecule has 3 rings (SSSR count). The number of ether oxygens (including phenoxy) is 1. The summed E-state index contributed by atoms with van der Waals surface area (Å²) >= 11 is 0. The number of hydrogen-bond donors (Lipinski definition) is 5. The van der Waals surface area contributed by atoms with Gasteiger partial charge >= 0.3 is 6.09 Å². The lowest BCUT2D eigenvalue weighted by molar-refractivity contribution is -0.153. The Kier molecular flexibility index (Phi) is 11.0. The molecule has 6 N–H and O–H groups in total. The molecule has 0 unspecified atom stereocenters. The Morgan fingerprint density at radius 2 is 1.61 bits per heavy atom. The topological polar surface area (TPSA) is 192 Å². The Bertz CT molecular complexity index is 1230. The average molecular weight is 618 g/mol. The summed E-state index contributed by atoms with van der Waals surface area (Å²) in [7, 11) is 0. The van der Waals surface area contributed by atoms with Gasteiger partial charge in [-0.2, -0.15) is 0 Å². The van der Waals surface area contributed by atoms with Crippen LogP contribution in [0.3, 0.4) is 0 Å². The number of nitrogens with zero attached hydrogens (tertiary/aromatic N) is 2. The zero-order chi connectivity index (χ0) is 33.0. The van der Waals surface area contributed by atoms with E-state index in [4.69, 9.17) is 10.5 Å². The Hall–Kier alpha value is -3.71. The zero-order valence-corrected chi connectivity index (χ0v) is 26.5. The summed E-state index contributed by atoms with van der Waals surface area (Å²) in [6.07, 6.45) is -1.72. The largest absolute Gasteiger partial charge is 0.444 e. The molecule has 0 spiro atoms. The standard InChI is InChI=1S/C31H47N5O8/c1-18-10-12-21(13-11-18)17-31(28(42)33-23(19(2)37)25(32)39)14-8-16-36(31)26(40)22-9-7-15-35(22)27(41)24(20(3)38)34-29(43)44-30(4,5)6/h10-13,19-20,22-24,37-38H,7-9,14-17H2,1-6H3,(H2,32,39)(H,33,42)(H,34,43)/t19-,20-,22+,23+,24+,31-/m1/s1. The van der Waals surface area contributed by atoms with Crippen molar-refractivity contribution < 1.29 is 38.9 Å². The van der Waals surface area contributed by atoms with Crippen molar-refractivity contribution in [3.8, 4) is 0 Å². The van der Waals surface area contributed by atoms with Crippen LogP contribution in [0.4, 0.5) is 4.79 Å². The summed E-state index contributed by atoms with van der Waals surface area (Å²) in [5.74, 6) is -2.64. The molecule has 2 aliphatic rings. The van der Waals surface area contributed by atoms with E-state index in [-0.39, 0.29) is 25.9 Å². The fourth-order valence-corrected chi connectivity index (χ4v) is 5.92. The van der Waals surface area contributed by atoms with Crippen LogP contribution in [0.2, 0.25) is 0 Å². The van der Waals surface area contributed by atoms with Crippen LogP contribution in [0, 0.1) is 6.92 Å². The smallest absolute Gasteiger partial charge is 0.408 e. The second kappa shape index (κ2) is 13.9. The van der Waals surface area contributed by atoms with Gasteiger partial charge in [-0.15, -0.1) is 0 Å². The fourth-order valence-electron chi connectivity index (χ4n) is 5.92. The normalized spacial score (nSPS) is 23.0. The van der Waals surface area contributed by atoms with E-state index >= 15 is 0 Å². The van der Waals surface area contributed by atoms with Gasteiger partial charge in [-0.05, 0) is 72.8 Å². The molecule has 1 aromatic rings. The maximum absolute atomic E-state index is 14.3. The molecule has 2 heterocycles. The van der Waals surface area contributed by atoms with Gasteiger partial charge < -0.3 is 41.1 Å². The highest BCUT2D eigenvalue weighted by atomic mass is 16.6. The van der Waals surface area contributed by atoms with Gasteiger partial charge in [-0.1, -0.05) is 29.8 Å². The number of hydrogen-bond acceptors (Lipinski definition) is 8. The third-order valence-corrected chi connectivity index (χ3v) is 8.11. The van der Waals surface area contributed by atoms with Crippen LogP contribution in [0.15, 0.2) is 24.3 Å². The van der Waals surface area contributed by atoms with Crippen LogP contribution in [-0.2, 0) is 30.3 Å². The number of aliphatic hydroxyl groups is 2. The summed E-state index contributed by atoms with van der Waals surface area (Å²) in [6, 6.07) is 3.85. The molecule has 1 aromatic carbocycles. The molecule has 2 aliphatic heterocycles. The van der Waals surface area contributed by atoms with Crippen molar-refractivity contribution in [2.45, 2.75) is 115 Å². The van der Waals surface area contributed by atoms with E-state index in [1.807, 2.05) is 31.2 Å². The number of alkyl carbamates (subject to hydrolysis) is 1. The molecular weight excluding hydrogens is 570 g/mol. The second-order valence-corrected chi connectivity index (χ2v) is 12.9. The third kappa shape index (κ3) is 8.06. The Balaban J connectivity index is 1.94. The molecule has 244 valence electrons. The first-order valence-electron chi connectivity index (χ1n) is 15.1. The van der Waals surface area contributed by atoms with Crippen LogP contribution in [0.1, 0.15) is 71.4 Å². The minimum atomic E-state index is -1.43. The van der Waals surface area contributed by atoms with Crippen LogP contribution in [0.25, 0.3) is 0 Å². The van der Waals surface area contributed by atoms with Gasteiger partial charge in [0.1, 0.15) is 29.3 Å². The van der Waals surface area contributed by atoms with Crippen LogP contribution in [0.5, 0.6) is 0 Å². The number of rotatable bonds is 10. The van der Waals surface area contributed by atoms with E-state index in [0.717, 1.165) is 11.1 Å². The molecule has 0 aromatic heterocycles. The van der Waals surface area contributed by atoms with E-state index in [1.54, 1.807) is 20.8 Å². The fraction of sp³-hybridized carbons (Fsp3) is 0.645. The number of aryl methyl sites for hydroxylation is 1. The van der Waals surface area contributed by atoms with E-state index in [2.05, 4.69) is 10.6 Å². The minimum Gasteiger partial charge on any atom is -0.444 e. The highest BCUT2D eigenvalue weighted by molar-refractivity contribution is 5.98. The van der Waals surface area contributed by atoms with Gasteiger partial charge in [0.05, 0.1) is 12.2 Å². The highest BCUT2D eigenvalue weighted by Crippen LogP contribution is 2.36. The lowest BCUT2D eigenvalue weighted by Gasteiger charge is -2.41. The molecule has 2 saturated heterocycles. The molecule has 0 bridgehead atoms. The molecule has 0 radical (unpaired) electrons. The summed E-state index contributed by atoms with van der Waals surface area (Å²) in [6.45, 7) is 10.1. The minimum absolute atomic E-state index is 0.132. The van der Waals surface area contributed by atoms with Gasteiger partial charge in [0.2, 0.25) is 23.6 Å². The summed E-state index contributed by atoms with van der Waals surface area (Å²) in [5.41, 5.74) is 5.01. The van der Waals surface area contributed by atoms with E-state index < -0.39 is 71.2 Å². The Morgan fingerprint density at radius 3 is 2.16 bits per heavy atom.